The van der Waals surface area contributed by atoms with Crippen molar-refractivity contribution in [3.8, 4) is 0 Å². The Morgan fingerprint density at radius 1 is 1.32 bits per heavy atom. The van der Waals surface area contributed by atoms with Gasteiger partial charge in [-0.05, 0) is 33.2 Å². The molecule has 0 amide bonds. The predicted molar refractivity (Wildman–Crippen MR) is 96.2 cm³/mol. The van der Waals surface area contributed by atoms with E-state index in [0.717, 1.165) is 50.7 Å². The van der Waals surface area contributed by atoms with Crippen molar-refractivity contribution in [2.45, 2.75) is 32.5 Å². The van der Waals surface area contributed by atoms with Crippen molar-refractivity contribution in [2.75, 3.05) is 40.4 Å². The molecule has 0 saturated carbocycles. The van der Waals surface area contributed by atoms with E-state index in [9.17, 15) is 0 Å². The van der Waals surface area contributed by atoms with Gasteiger partial charge in [0.15, 0.2) is 0 Å². The summed E-state index contributed by atoms with van der Waals surface area (Å²) in [5.74, 6) is 0.296. The van der Waals surface area contributed by atoms with E-state index in [1.165, 1.54) is 5.69 Å². The van der Waals surface area contributed by atoms with Crippen molar-refractivity contribution in [3.05, 3.63) is 41.5 Å². The van der Waals surface area contributed by atoms with Gasteiger partial charge in [0.1, 0.15) is 5.69 Å². The Bertz CT molecular complexity index is 657. The van der Waals surface area contributed by atoms with Crippen molar-refractivity contribution >= 4 is 0 Å². The molecule has 7 heteroatoms. The molecular formula is C18H28N6O. The average molecular weight is 344 g/mol. The highest BCUT2D eigenvalue weighted by Gasteiger charge is 2.30. The summed E-state index contributed by atoms with van der Waals surface area (Å²) in [6.45, 7) is 7.92. The number of hydrogen-bond donors (Lipinski definition) is 0. The Morgan fingerprint density at radius 3 is 2.92 bits per heavy atom. The summed E-state index contributed by atoms with van der Waals surface area (Å²) in [6.07, 6.45) is 1.85. The van der Waals surface area contributed by atoms with Crippen molar-refractivity contribution in [1.82, 2.24) is 29.8 Å². The van der Waals surface area contributed by atoms with Crippen LogP contribution in [-0.4, -0.2) is 70.2 Å². The molecule has 0 aliphatic carbocycles. The van der Waals surface area contributed by atoms with Crippen LogP contribution in [0.4, 0.5) is 0 Å². The minimum Gasteiger partial charge on any atom is -0.379 e. The van der Waals surface area contributed by atoms with Crippen LogP contribution in [0, 0.1) is 0 Å². The minimum atomic E-state index is 0.296. The molecule has 2 aromatic rings. The van der Waals surface area contributed by atoms with E-state index < -0.39 is 0 Å². The maximum Gasteiger partial charge on any atom is 0.100 e. The predicted octanol–water partition coefficient (Wildman–Crippen LogP) is 1.37. The Kier molecular flexibility index (Phi) is 6.12. The zero-order valence-corrected chi connectivity index (χ0v) is 15.4. The van der Waals surface area contributed by atoms with Gasteiger partial charge in [-0.2, -0.15) is 0 Å². The molecule has 3 heterocycles. The number of hydrogen-bond acceptors (Lipinski definition) is 6. The third-order valence-electron chi connectivity index (χ3n) is 4.50. The summed E-state index contributed by atoms with van der Waals surface area (Å²) >= 11 is 0. The van der Waals surface area contributed by atoms with Crippen LogP contribution >= 0.6 is 0 Å². The molecule has 0 bridgehead atoms. The molecule has 0 fully saturated rings. The van der Waals surface area contributed by atoms with Gasteiger partial charge in [0.25, 0.3) is 0 Å². The van der Waals surface area contributed by atoms with Gasteiger partial charge < -0.3 is 9.64 Å². The largest absolute Gasteiger partial charge is 0.379 e. The van der Waals surface area contributed by atoms with E-state index in [-0.39, 0.29) is 0 Å². The summed E-state index contributed by atoms with van der Waals surface area (Å²) in [4.78, 5) is 8.98. The molecule has 2 aromatic heterocycles. The van der Waals surface area contributed by atoms with E-state index >= 15 is 0 Å². The quantitative estimate of drug-likeness (QED) is 0.674. The topological polar surface area (TPSA) is 59.3 Å². The second kappa shape index (κ2) is 8.51. The molecule has 0 spiro atoms. The van der Waals surface area contributed by atoms with Gasteiger partial charge in [-0.15, -0.1) is 5.10 Å². The maximum absolute atomic E-state index is 5.96. The fourth-order valence-corrected chi connectivity index (χ4v) is 3.27. The van der Waals surface area contributed by atoms with Crippen LogP contribution < -0.4 is 0 Å². The molecule has 7 nitrogen and oxygen atoms in total. The van der Waals surface area contributed by atoms with Gasteiger partial charge in [-0.3, -0.25) is 9.88 Å². The molecule has 1 unspecified atom stereocenters. The van der Waals surface area contributed by atoms with Crippen LogP contribution in [0.3, 0.4) is 0 Å². The number of likely N-dealkylation sites (N-methyl/N-ethyl adjacent to an activating group) is 1. The average Bonchev–Trinajstić information content (AvgIpc) is 3.02. The van der Waals surface area contributed by atoms with E-state index in [1.54, 1.807) is 0 Å². The lowest BCUT2D eigenvalue weighted by Gasteiger charge is -2.32. The molecule has 0 radical (unpaired) electrons. The first-order valence-electron chi connectivity index (χ1n) is 8.94. The van der Waals surface area contributed by atoms with Crippen LogP contribution in [0.5, 0.6) is 0 Å². The lowest BCUT2D eigenvalue weighted by atomic mass is 9.98. The van der Waals surface area contributed by atoms with E-state index in [4.69, 9.17) is 4.74 Å². The lowest BCUT2D eigenvalue weighted by Crippen LogP contribution is -2.36. The third-order valence-corrected chi connectivity index (χ3v) is 4.50. The first-order valence-corrected chi connectivity index (χ1v) is 8.94. The Balaban J connectivity index is 1.69. The summed E-state index contributed by atoms with van der Waals surface area (Å²) in [5, 5.41) is 8.74. The zero-order valence-electron chi connectivity index (χ0n) is 15.4. The maximum atomic E-state index is 5.96. The van der Waals surface area contributed by atoms with Crippen molar-refractivity contribution in [3.63, 3.8) is 0 Å². The van der Waals surface area contributed by atoms with Crippen molar-refractivity contribution < 1.29 is 4.74 Å². The highest BCUT2D eigenvalue weighted by molar-refractivity contribution is 5.20. The number of nitrogens with zero attached hydrogens (tertiary/aromatic N) is 6. The van der Waals surface area contributed by atoms with Crippen LogP contribution in [0.15, 0.2) is 24.4 Å². The molecule has 1 aliphatic rings. The van der Waals surface area contributed by atoms with Crippen molar-refractivity contribution in [1.29, 1.82) is 0 Å². The molecule has 25 heavy (non-hydrogen) atoms. The zero-order chi connectivity index (χ0) is 17.6. The van der Waals surface area contributed by atoms with Gasteiger partial charge in [0.05, 0.1) is 24.6 Å². The fourth-order valence-electron chi connectivity index (χ4n) is 3.27. The van der Waals surface area contributed by atoms with Gasteiger partial charge >= 0.3 is 0 Å². The van der Waals surface area contributed by atoms with E-state index in [1.807, 2.05) is 23.0 Å². The monoisotopic (exact) mass is 344 g/mol. The second-order valence-electron chi connectivity index (χ2n) is 6.80. The number of rotatable bonds is 8. The molecule has 136 valence electrons. The Morgan fingerprint density at radius 2 is 2.20 bits per heavy atom. The molecule has 0 N–H and O–H groups in total. The number of fused-ring (bicyclic) bond motifs is 1. The highest BCUT2D eigenvalue weighted by Crippen LogP contribution is 2.28. The summed E-state index contributed by atoms with van der Waals surface area (Å²) < 4.78 is 7.98. The molecular weight excluding hydrogens is 316 g/mol. The minimum absolute atomic E-state index is 0.296. The smallest absolute Gasteiger partial charge is 0.100 e. The molecule has 0 aromatic carbocycles. The first-order chi connectivity index (χ1) is 12.2. The van der Waals surface area contributed by atoms with Crippen LogP contribution in [-0.2, 0) is 24.4 Å². The number of ether oxygens (including phenoxy) is 1. The second-order valence-corrected chi connectivity index (χ2v) is 6.80. The van der Waals surface area contributed by atoms with Gasteiger partial charge in [0, 0.05) is 44.8 Å². The molecule has 1 atom stereocenters. The standard InChI is InChI=1S/C18H28N6O/c1-4-24-18-15(14-25-10-9-22(2)3)11-23(13-17(18)20-21-24)12-16-7-5-6-8-19-16/h5-8,15H,4,9-14H2,1-3H3. The Hall–Kier alpha value is -1.83. The summed E-state index contributed by atoms with van der Waals surface area (Å²) in [7, 11) is 4.12. The van der Waals surface area contributed by atoms with Crippen LogP contribution in [0.2, 0.25) is 0 Å². The SMILES string of the molecule is CCn1nnc2c1C(COCCN(C)C)CN(Cc1ccccn1)C2. The van der Waals surface area contributed by atoms with Gasteiger partial charge in [0.2, 0.25) is 0 Å². The fraction of sp³-hybridized carbons (Fsp3) is 0.611. The normalized spacial score (nSPS) is 17.8. The van der Waals surface area contributed by atoms with E-state index in [2.05, 4.69) is 52.2 Å². The van der Waals surface area contributed by atoms with Crippen molar-refractivity contribution in [2.24, 2.45) is 0 Å². The van der Waals surface area contributed by atoms with Gasteiger partial charge in [-0.25, -0.2) is 4.68 Å². The third kappa shape index (κ3) is 4.62. The number of pyridine rings is 1. The molecule has 3 rings (SSSR count). The van der Waals surface area contributed by atoms with Crippen LogP contribution in [0.25, 0.3) is 0 Å². The van der Waals surface area contributed by atoms with Crippen LogP contribution in [0.1, 0.15) is 29.9 Å². The number of aryl methyl sites for hydroxylation is 1. The molecule has 0 saturated heterocycles. The van der Waals surface area contributed by atoms with E-state index in [0.29, 0.717) is 12.5 Å². The highest BCUT2D eigenvalue weighted by atomic mass is 16.5. The number of aromatic nitrogens is 4. The Labute approximate surface area is 149 Å². The first kappa shape index (κ1) is 18.0. The molecule has 1 aliphatic heterocycles. The lowest BCUT2D eigenvalue weighted by molar-refractivity contribution is 0.0829. The summed E-state index contributed by atoms with van der Waals surface area (Å²) in [6, 6.07) is 6.06. The summed E-state index contributed by atoms with van der Waals surface area (Å²) in [5.41, 5.74) is 3.40. The van der Waals surface area contributed by atoms with Gasteiger partial charge in [-0.1, -0.05) is 11.3 Å².